The number of Topliss-reactive ketones (excluding diaryl/α,β-unsaturated/α-hetero) is 1. The first-order chi connectivity index (χ1) is 15.6. The highest BCUT2D eigenvalue weighted by molar-refractivity contribution is 6.26. The highest BCUT2D eigenvalue weighted by Gasteiger charge is 2.32. The minimum absolute atomic E-state index is 0.0680. The number of imidazole rings is 1. The number of pyridine rings is 1. The van der Waals surface area contributed by atoms with Crippen molar-refractivity contribution in [2.45, 2.75) is 31.8 Å². The number of ketones is 2. The van der Waals surface area contributed by atoms with E-state index in [1.54, 1.807) is 35.3 Å². The summed E-state index contributed by atoms with van der Waals surface area (Å²) in [7, 11) is 0. The van der Waals surface area contributed by atoms with Crippen molar-refractivity contribution in [1.29, 1.82) is 0 Å². The van der Waals surface area contributed by atoms with E-state index in [1.165, 1.54) is 0 Å². The molecular weight excluding hydrogens is 404 g/mol. The van der Waals surface area contributed by atoms with Crippen molar-refractivity contribution in [2.24, 2.45) is 5.73 Å². The van der Waals surface area contributed by atoms with Crippen molar-refractivity contribution in [3.63, 3.8) is 0 Å². The van der Waals surface area contributed by atoms with Gasteiger partial charge in [0, 0.05) is 53.2 Å². The van der Waals surface area contributed by atoms with E-state index in [4.69, 9.17) is 5.73 Å². The quantitative estimate of drug-likeness (QED) is 0.416. The summed E-state index contributed by atoms with van der Waals surface area (Å²) >= 11 is 0. The lowest BCUT2D eigenvalue weighted by atomic mass is 10.0. The number of fused-ring (bicyclic) bond motifs is 5. The summed E-state index contributed by atoms with van der Waals surface area (Å²) in [5.74, 6) is -0.139. The molecule has 1 atom stereocenters. The third kappa shape index (κ3) is 3.27. The van der Waals surface area contributed by atoms with Crippen LogP contribution in [0.15, 0.2) is 65.8 Å². The molecule has 2 aromatic heterocycles. The van der Waals surface area contributed by atoms with Crippen molar-refractivity contribution in [1.82, 2.24) is 14.5 Å². The largest absolute Gasteiger partial charge is 0.348 e. The normalized spacial score (nSPS) is 13.2. The Morgan fingerprint density at radius 1 is 1.03 bits per heavy atom. The van der Waals surface area contributed by atoms with Gasteiger partial charge in [-0.3, -0.25) is 14.4 Å². The number of carbonyl (C=O) groups is 2. The van der Waals surface area contributed by atoms with Crippen LogP contribution in [0.2, 0.25) is 0 Å². The lowest BCUT2D eigenvalue weighted by molar-refractivity contribution is -0.120. The second-order valence-electron chi connectivity index (χ2n) is 8.06. The minimum Gasteiger partial charge on any atom is -0.348 e. The smallest absolute Gasteiger partial charge is 0.258 e. The molecule has 0 spiro atoms. The number of benzene rings is 2. The molecule has 0 aliphatic heterocycles. The average Bonchev–Trinajstić information content (AvgIpc) is 3.42. The zero-order chi connectivity index (χ0) is 22.2. The van der Waals surface area contributed by atoms with Gasteiger partial charge in [-0.15, -0.1) is 0 Å². The highest BCUT2D eigenvalue weighted by Crippen LogP contribution is 2.39. The van der Waals surface area contributed by atoms with Gasteiger partial charge in [0.25, 0.3) is 5.56 Å². The fraction of sp³-hybridized carbons (Fsp3) is 0.200. The summed E-state index contributed by atoms with van der Waals surface area (Å²) in [6.45, 7) is 0.329. The first-order valence-corrected chi connectivity index (χ1v) is 10.6. The molecule has 0 saturated carbocycles. The van der Waals surface area contributed by atoms with Gasteiger partial charge in [0.2, 0.25) is 0 Å². The second-order valence-corrected chi connectivity index (χ2v) is 8.06. The van der Waals surface area contributed by atoms with Gasteiger partial charge in [-0.05, 0) is 12.5 Å². The summed E-state index contributed by atoms with van der Waals surface area (Å²) in [4.78, 5) is 46.0. The van der Waals surface area contributed by atoms with Crippen LogP contribution in [-0.2, 0) is 17.8 Å². The third-order valence-corrected chi connectivity index (χ3v) is 6.05. The molecule has 2 aromatic carbocycles. The molecule has 0 bridgehead atoms. The Morgan fingerprint density at radius 2 is 1.75 bits per heavy atom. The van der Waals surface area contributed by atoms with Crippen molar-refractivity contribution in [2.75, 3.05) is 0 Å². The number of nitrogens with two attached hydrogens (primary N) is 1. The number of aromatic amines is 1. The van der Waals surface area contributed by atoms with Gasteiger partial charge in [0.15, 0.2) is 5.78 Å². The van der Waals surface area contributed by atoms with Crippen LogP contribution < -0.4 is 11.3 Å². The zero-order valence-electron chi connectivity index (χ0n) is 17.4. The Labute approximate surface area is 183 Å². The molecule has 3 N–H and O–H groups in total. The van der Waals surface area contributed by atoms with Gasteiger partial charge in [-0.25, -0.2) is 4.98 Å². The number of nitrogens with zero attached hydrogens (tertiary/aromatic N) is 2. The number of hydrogen-bond acceptors (Lipinski definition) is 5. The molecule has 7 heteroatoms. The van der Waals surface area contributed by atoms with Gasteiger partial charge in [-0.1, -0.05) is 42.5 Å². The molecule has 5 rings (SSSR count). The zero-order valence-corrected chi connectivity index (χ0v) is 17.4. The van der Waals surface area contributed by atoms with Gasteiger partial charge in [0.05, 0.1) is 23.6 Å². The summed E-state index contributed by atoms with van der Waals surface area (Å²) in [5, 5.41) is 1.18. The van der Waals surface area contributed by atoms with E-state index in [-0.39, 0.29) is 23.5 Å². The number of rotatable bonds is 7. The van der Waals surface area contributed by atoms with E-state index >= 15 is 0 Å². The lowest BCUT2D eigenvalue weighted by Crippen LogP contribution is -2.33. The van der Waals surface area contributed by atoms with E-state index in [1.807, 2.05) is 30.3 Å². The molecule has 32 heavy (non-hydrogen) atoms. The van der Waals surface area contributed by atoms with Crippen LogP contribution >= 0.6 is 0 Å². The Balaban J connectivity index is 1.46. The van der Waals surface area contributed by atoms with E-state index in [0.717, 1.165) is 11.3 Å². The van der Waals surface area contributed by atoms with Gasteiger partial charge in [0.1, 0.15) is 5.78 Å². The Morgan fingerprint density at radius 3 is 2.50 bits per heavy atom. The molecule has 0 fully saturated rings. The van der Waals surface area contributed by atoms with Crippen molar-refractivity contribution < 1.29 is 9.59 Å². The van der Waals surface area contributed by atoms with Crippen LogP contribution in [0.25, 0.3) is 22.0 Å². The Hall–Kier alpha value is -3.84. The summed E-state index contributed by atoms with van der Waals surface area (Å²) in [6, 6.07) is 13.9. The van der Waals surface area contributed by atoms with E-state index in [2.05, 4.69) is 9.97 Å². The Kier molecular flexibility index (Phi) is 5.03. The fourth-order valence-electron chi connectivity index (χ4n) is 4.49. The van der Waals surface area contributed by atoms with Crippen molar-refractivity contribution in [3.8, 4) is 11.3 Å². The third-order valence-electron chi connectivity index (χ3n) is 6.05. The van der Waals surface area contributed by atoms with E-state index < -0.39 is 6.04 Å². The van der Waals surface area contributed by atoms with Crippen LogP contribution in [0.3, 0.4) is 0 Å². The number of hydrogen-bond donors (Lipinski definition) is 2. The minimum atomic E-state index is -0.628. The Bertz CT molecular complexity index is 1400. The molecule has 0 radical (unpaired) electrons. The SMILES string of the molecule is N[C@H](Cc1cnc[nH]1)C(=O)CCCn1c2c(c3ccccc3c1=O)C(=O)c1ccccc1-2. The molecule has 1 aliphatic rings. The molecule has 0 unspecified atom stereocenters. The summed E-state index contributed by atoms with van der Waals surface area (Å²) < 4.78 is 1.65. The fourth-order valence-corrected chi connectivity index (χ4v) is 4.49. The van der Waals surface area contributed by atoms with Gasteiger partial charge < -0.3 is 15.3 Å². The van der Waals surface area contributed by atoms with Crippen LogP contribution in [-0.4, -0.2) is 32.1 Å². The molecule has 0 amide bonds. The predicted octanol–water partition coefficient (Wildman–Crippen LogP) is 2.86. The van der Waals surface area contributed by atoms with Gasteiger partial charge >= 0.3 is 0 Å². The van der Waals surface area contributed by atoms with Crippen LogP contribution in [0.1, 0.15) is 34.5 Å². The summed E-state index contributed by atoms with van der Waals surface area (Å²) in [6.07, 6.45) is 4.30. The average molecular weight is 426 g/mol. The number of nitrogens with one attached hydrogen (secondary N) is 1. The van der Waals surface area contributed by atoms with Crippen LogP contribution in [0.5, 0.6) is 0 Å². The van der Waals surface area contributed by atoms with E-state index in [9.17, 15) is 14.4 Å². The molecule has 7 nitrogen and oxygen atoms in total. The number of H-pyrrole nitrogens is 1. The topological polar surface area (TPSA) is 111 Å². The molecule has 4 aromatic rings. The first kappa shape index (κ1) is 20.1. The maximum Gasteiger partial charge on any atom is 0.258 e. The van der Waals surface area contributed by atoms with Crippen molar-refractivity contribution >= 4 is 22.3 Å². The maximum absolute atomic E-state index is 13.4. The number of aromatic nitrogens is 3. The van der Waals surface area contributed by atoms with Gasteiger partial charge in [-0.2, -0.15) is 0 Å². The standard InChI is InChI=1S/C25H22N4O3/c26-20(12-15-13-27-14-28-15)21(30)10-5-11-29-23-17-7-2-3-8-18(17)24(31)22(23)16-6-1-4-9-19(16)25(29)32/h1-4,6-9,13-14,20H,5,10-12,26H2,(H,27,28)/t20-/m1/s1. The lowest BCUT2D eigenvalue weighted by Gasteiger charge is -2.15. The number of carbonyl (C=O) groups excluding carboxylic acids is 2. The molecule has 2 heterocycles. The molecule has 160 valence electrons. The monoisotopic (exact) mass is 426 g/mol. The maximum atomic E-state index is 13.4. The molecule has 0 saturated heterocycles. The molecule has 1 aliphatic carbocycles. The second kappa shape index (κ2) is 8.01. The molecular formula is C25H22N4O3. The van der Waals surface area contributed by atoms with Crippen LogP contribution in [0.4, 0.5) is 0 Å². The highest BCUT2D eigenvalue weighted by atomic mass is 16.1. The van der Waals surface area contributed by atoms with Crippen molar-refractivity contribution in [3.05, 3.63) is 88.2 Å². The summed E-state index contributed by atoms with van der Waals surface area (Å²) in [5.41, 5.74) is 9.27. The first-order valence-electron chi connectivity index (χ1n) is 10.6. The van der Waals surface area contributed by atoms with E-state index in [0.29, 0.717) is 47.0 Å². The van der Waals surface area contributed by atoms with Crippen LogP contribution in [0, 0.1) is 0 Å². The predicted molar refractivity (Wildman–Crippen MR) is 122 cm³/mol.